The van der Waals surface area contributed by atoms with Crippen molar-refractivity contribution in [1.29, 1.82) is 0 Å². The summed E-state index contributed by atoms with van der Waals surface area (Å²) in [5.74, 6) is 0.748. The lowest BCUT2D eigenvalue weighted by Crippen LogP contribution is -2.17. The molecule has 0 heterocycles. The van der Waals surface area contributed by atoms with Gasteiger partial charge in [-0.2, -0.15) is 5.10 Å². The largest absolute Gasteiger partial charge is 0.504 e. The van der Waals surface area contributed by atoms with E-state index in [9.17, 15) is 9.90 Å². The number of carbonyl (C=O) groups is 1. The van der Waals surface area contributed by atoms with Crippen molar-refractivity contribution >= 4 is 12.1 Å². The first-order valence-electron chi connectivity index (χ1n) is 7.77. The molecule has 6 nitrogen and oxygen atoms in total. The third kappa shape index (κ3) is 5.39. The Hall–Kier alpha value is -3.28. The summed E-state index contributed by atoms with van der Waals surface area (Å²) < 4.78 is 10.7. The van der Waals surface area contributed by atoms with Crippen LogP contribution in [0.3, 0.4) is 0 Å². The fourth-order valence-electron chi connectivity index (χ4n) is 1.97. The Labute approximate surface area is 146 Å². The fourth-order valence-corrected chi connectivity index (χ4v) is 1.97. The molecule has 0 bridgehead atoms. The number of phenols is 1. The number of ether oxygens (including phenoxy) is 2. The lowest BCUT2D eigenvalue weighted by molar-refractivity contribution is 0.0955. The molecular weight excluding hydrogens is 320 g/mol. The average Bonchev–Trinajstić information content (AvgIpc) is 2.63. The van der Waals surface area contributed by atoms with E-state index in [0.29, 0.717) is 35.8 Å². The second kappa shape index (κ2) is 9.12. The van der Waals surface area contributed by atoms with Gasteiger partial charge in [0.25, 0.3) is 5.91 Å². The van der Waals surface area contributed by atoms with E-state index < -0.39 is 0 Å². The Morgan fingerprint density at radius 1 is 1.24 bits per heavy atom. The molecule has 0 radical (unpaired) electrons. The van der Waals surface area contributed by atoms with Crippen LogP contribution in [0.1, 0.15) is 22.8 Å². The Bertz CT molecular complexity index is 755. The van der Waals surface area contributed by atoms with E-state index in [4.69, 9.17) is 9.47 Å². The predicted molar refractivity (Wildman–Crippen MR) is 96.5 cm³/mol. The molecule has 0 saturated carbocycles. The molecule has 0 aromatic heterocycles. The van der Waals surface area contributed by atoms with E-state index in [0.717, 1.165) is 0 Å². The molecule has 0 spiro atoms. The van der Waals surface area contributed by atoms with Crippen LogP contribution in [-0.4, -0.2) is 30.4 Å². The second-order valence-corrected chi connectivity index (χ2v) is 4.98. The van der Waals surface area contributed by atoms with Crippen molar-refractivity contribution in [3.8, 4) is 17.2 Å². The number of phenolic OH excluding ortho intramolecular Hbond substituents is 1. The van der Waals surface area contributed by atoms with E-state index in [1.165, 1.54) is 12.3 Å². The summed E-state index contributed by atoms with van der Waals surface area (Å²) in [6.45, 7) is 6.25. The number of amides is 1. The normalized spacial score (nSPS) is 10.4. The van der Waals surface area contributed by atoms with Gasteiger partial charge in [0, 0.05) is 5.56 Å². The Morgan fingerprint density at radius 3 is 2.68 bits per heavy atom. The minimum absolute atomic E-state index is 0.0572. The smallest absolute Gasteiger partial charge is 0.271 e. The SMILES string of the molecule is C=CCOc1ccc(C(=O)NN=Cc2ccc(O)c(OCC)c2)cc1. The highest BCUT2D eigenvalue weighted by Gasteiger charge is 2.05. The van der Waals surface area contributed by atoms with Crippen LogP contribution in [0.4, 0.5) is 0 Å². The molecule has 2 aromatic rings. The number of hydrogen-bond donors (Lipinski definition) is 2. The van der Waals surface area contributed by atoms with E-state index in [1.54, 1.807) is 42.5 Å². The summed E-state index contributed by atoms with van der Waals surface area (Å²) in [4.78, 5) is 12.0. The number of nitrogens with zero attached hydrogens (tertiary/aromatic N) is 1. The van der Waals surface area contributed by atoms with Gasteiger partial charge < -0.3 is 14.6 Å². The molecule has 2 N–H and O–H groups in total. The third-order valence-electron chi connectivity index (χ3n) is 3.15. The van der Waals surface area contributed by atoms with Gasteiger partial charge in [0.1, 0.15) is 12.4 Å². The summed E-state index contributed by atoms with van der Waals surface area (Å²) in [5, 5.41) is 13.6. The van der Waals surface area contributed by atoms with Crippen molar-refractivity contribution in [3.05, 3.63) is 66.2 Å². The maximum Gasteiger partial charge on any atom is 0.271 e. The average molecular weight is 340 g/mol. The van der Waals surface area contributed by atoms with Crippen molar-refractivity contribution in [3.63, 3.8) is 0 Å². The Kier molecular flexibility index (Phi) is 6.59. The van der Waals surface area contributed by atoms with E-state index in [1.807, 2.05) is 6.92 Å². The molecule has 2 aromatic carbocycles. The van der Waals surface area contributed by atoms with Crippen LogP contribution in [0.25, 0.3) is 0 Å². The van der Waals surface area contributed by atoms with Gasteiger partial charge in [0.2, 0.25) is 0 Å². The third-order valence-corrected chi connectivity index (χ3v) is 3.15. The maximum absolute atomic E-state index is 12.0. The molecule has 0 fully saturated rings. The van der Waals surface area contributed by atoms with Crippen molar-refractivity contribution in [2.75, 3.05) is 13.2 Å². The molecule has 0 aliphatic carbocycles. The summed E-state index contributed by atoms with van der Waals surface area (Å²) in [7, 11) is 0. The summed E-state index contributed by atoms with van der Waals surface area (Å²) in [6, 6.07) is 11.5. The second-order valence-electron chi connectivity index (χ2n) is 4.98. The molecule has 2 rings (SSSR count). The van der Waals surface area contributed by atoms with Gasteiger partial charge >= 0.3 is 0 Å². The number of hydrazone groups is 1. The number of benzene rings is 2. The van der Waals surface area contributed by atoms with E-state index >= 15 is 0 Å². The number of carbonyl (C=O) groups excluding carboxylic acids is 1. The molecule has 6 heteroatoms. The first-order chi connectivity index (χ1) is 12.1. The monoisotopic (exact) mass is 340 g/mol. The Morgan fingerprint density at radius 2 is 2.00 bits per heavy atom. The van der Waals surface area contributed by atoms with Crippen molar-refractivity contribution < 1.29 is 19.4 Å². The molecule has 0 aliphatic rings. The van der Waals surface area contributed by atoms with Crippen LogP contribution in [0, 0.1) is 0 Å². The van der Waals surface area contributed by atoms with Crippen LogP contribution in [0.2, 0.25) is 0 Å². The highest BCUT2D eigenvalue weighted by molar-refractivity contribution is 5.95. The minimum atomic E-state index is -0.338. The number of hydrogen-bond acceptors (Lipinski definition) is 5. The van der Waals surface area contributed by atoms with E-state index in [-0.39, 0.29) is 11.7 Å². The number of nitrogens with one attached hydrogen (secondary N) is 1. The highest BCUT2D eigenvalue weighted by atomic mass is 16.5. The molecular formula is C19H20N2O4. The van der Waals surface area contributed by atoms with Gasteiger partial charge in [-0.1, -0.05) is 12.7 Å². The summed E-state index contributed by atoms with van der Waals surface area (Å²) in [5.41, 5.74) is 3.60. The lowest BCUT2D eigenvalue weighted by atomic mass is 10.2. The number of aromatic hydroxyl groups is 1. The van der Waals surface area contributed by atoms with Crippen molar-refractivity contribution in [2.24, 2.45) is 5.10 Å². The van der Waals surface area contributed by atoms with Crippen LogP contribution >= 0.6 is 0 Å². The van der Waals surface area contributed by atoms with Gasteiger partial charge in [-0.25, -0.2) is 5.43 Å². The van der Waals surface area contributed by atoms with Crippen LogP contribution in [0.15, 0.2) is 60.2 Å². The van der Waals surface area contributed by atoms with Gasteiger partial charge in [0.05, 0.1) is 12.8 Å². The fraction of sp³-hybridized carbons (Fsp3) is 0.158. The lowest BCUT2D eigenvalue weighted by Gasteiger charge is -2.06. The standard InChI is InChI=1S/C19H20N2O4/c1-3-11-25-16-8-6-15(7-9-16)19(23)21-20-13-14-5-10-17(22)18(12-14)24-4-2/h3,5-10,12-13,22H,1,4,11H2,2H3,(H,21,23). The van der Waals surface area contributed by atoms with Gasteiger partial charge in [-0.15, -0.1) is 0 Å². The molecule has 1 amide bonds. The Balaban J connectivity index is 1.96. The van der Waals surface area contributed by atoms with Gasteiger partial charge in [0.15, 0.2) is 11.5 Å². The zero-order valence-corrected chi connectivity index (χ0v) is 13.9. The summed E-state index contributed by atoms with van der Waals surface area (Å²) in [6.07, 6.45) is 3.12. The quantitative estimate of drug-likeness (QED) is 0.439. The van der Waals surface area contributed by atoms with E-state index in [2.05, 4.69) is 17.1 Å². The van der Waals surface area contributed by atoms with Gasteiger partial charge in [-0.05, 0) is 55.0 Å². The maximum atomic E-state index is 12.0. The van der Waals surface area contributed by atoms with Crippen molar-refractivity contribution in [2.45, 2.75) is 6.92 Å². The molecule has 0 atom stereocenters. The van der Waals surface area contributed by atoms with Crippen LogP contribution < -0.4 is 14.9 Å². The molecule has 130 valence electrons. The first-order valence-corrected chi connectivity index (χ1v) is 7.77. The summed E-state index contributed by atoms with van der Waals surface area (Å²) >= 11 is 0. The zero-order chi connectivity index (χ0) is 18.1. The number of rotatable bonds is 8. The molecule has 0 aliphatic heterocycles. The molecule has 0 saturated heterocycles. The van der Waals surface area contributed by atoms with Crippen LogP contribution in [-0.2, 0) is 0 Å². The molecule has 25 heavy (non-hydrogen) atoms. The minimum Gasteiger partial charge on any atom is -0.504 e. The molecule has 0 unspecified atom stereocenters. The van der Waals surface area contributed by atoms with Crippen molar-refractivity contribution in [1.82, 2.24) is 5.43 Å². The zero-order valence-electron chi connectivity index (χ0n) is 13.9. The first kappa shape index (κ1) is 18.1. The van der Waals surface area contributed by atoms with Gasteiger partial charge in [-0.3, -0.25) is 4.79 Å². The predicted octanol–water partition coefficient (Wildman–Crippen LogP) is 3.12. The highest BCUT2D eigenvalue weighted by Crippen LogP contribution is 2.26. The topological polar surface area (TPSA) is 80.2 Å². The van der Waals surface area contributed by atoms with Crippen LogP contribution in [0.5, 0.6) is 17.2 Å².